The Morgan fingerprint density at radius 2 is 2.45 bits per heavy atom. The average Bonchev–Trinajstić information content (AvgIpc) is 2.90. The van der Waals surface area contributed by atoms with Crippen molar-refractivity contribution >= 4 is 39.6 Å². The van der Waals surface area contributed by atoms with Crippen molar-refractivity contribution < 1.29 is 14.2 Å². The van der Waals surface area contributed by atoms with Gasteiger partial charge in [-0.3, -0.25) is 9.78 Å². The van der Waals surface area contributed by atoms with E-state index in [-0.39, 0.29) is 24.5 Å². The summed E-state index contributed by atoms with van der Waals surface area (Å²) in [5.74, 6) is -0.00764. The van der Waals surface area contributed by atoms with Crippen LogP contribution in [0.25, 0.3) is 11.0 Å². The number of aromatic nitrogens is 3. The summed E-state index contributed by atoms with van der Waals surface area (Å²) >= 11 is 2.00. The zero-order chi connectivity index (χ0) is 14.4. The van der Waals surface area contributed by atoms with Gasteiger partial charge in [0.2, 0.25) is 5.95 Å². The van der Waals surface area contributed by atoms with E-state index < -0.39 is 18.5 Å². The molecule has 3 rings (SSSR count). The topological polar surface area (TPSA) is 106 Å². The molecule has 2 aromatic heterocycles. The van der Waals surface area contributed by atoms with Gasteiger partial charge in [0.15, 0.2) is 5.65 Å². The van der Waals surface area contributed by atoms with Gasteiger partial charge in [-0.1, -0.05) is 0 Å². The van der Waals surface area contributed by atoms with Crippen molar-refractivity contribution in [1.29, 1.82) is 0 Å². The fraction of sp³-hybridized carbons (Fsp3) is 0.455. The molecule has 0 aromatic carbocycles. The Morgan fingerprint density at radius 3 is 3.10 bits per heavy atom. The average molecular weight is 394 g/mol. The minimum atomic E-state index is -1.25. The van der Waals surface area contributed by atoms with E-state index in [2.05, 4.69) is 9.97 Å². The standard InChI is InChI=1S/C11H12FIN4O3/c12-4-1-7(20-6(4)3-18)17-2-5(13)8-9(17)15-11(14)16-10(8)19/h2,4,6-7,18H,1,3H2,(H3,14,15,16,19). The number of nitrogens with two attached hydrogens (primary N) is 1. The molecule has 0 saturated carbocycles. The Morgan fingerprint density at radius 1 is 1.70 bits per heavy atom. The smallest absolute Gasteiger partial charge is 0.262 e. The Labute approximate surface area is 126 Å². The van der Waals surface area contributed by atoms with Crippen LogP contribution in [0.5, 0.6) is 0 Å². The van der Waals surface area contributed by atoms with Crippen molar-refractivity contribution in [2.75, 3.05) is 12.3 Å². The highest BCUT2D eigenvalue weighted by Gasteiger charge is 2.36. The van der Waals surface area contributed by atoms with Gasteiger partial charge < -0.3 is 20.1 Å². The molecule has 3 heterocycles. The number of alkyl halides is 1. The second kappa shape index (κ2) is 4.97. The van der Waals surface area contributed by atoms with Crippen LogP contribution >= 0.6 is 22.6 Å². The van der Waals surface area contributed by atoms with E-state index in [1.807, 2.05) is 22.6 Å². The number of nitrogens with one attached hydrogen (secondary N) is 1. The van der Waals surface area contributed by atoms with Gasteiger partial charge in [-0.15, -0.1) is 0 Å². The molecule has 1 aliphatic heterocycles. The van der Waals surface area contributed by atoms with Gasteiger partial charge in [0.1, 0.15) is 18.5 Å². The largest absolute Gasteiger partial charge is 0.394 e. The first kappa shape index (κ1) is 13.8. The van der Waals surface area contributed by atoms with E-state index in [0.717, 1.165) is 0 Å². The third-order valence-corrected chi connectivity index (χ3v) is 4.12. The summed E-state index contributed by atoms with van der Waals surface area (Å²) < 4.78 is 21.4. The first-order valence-electron chi connectivity index (χ1n) is 5.97. The Hall–Kier alpha value is -1.20. The molecule has 9 heteroatoms. The van der Waals surface area contributed by atoms with Gasteiger partial charge >= 0.3 is 0 Å². The molecule has 0 radical (unpaired) electrons. The lowest BCUT2D eigenvalue weighted by atomic mass is 10.2. The number of ether oxygens (including phenoxy) is 1. The Bertz CT molecular complexity index is 715. The van der Waals surface area contributed by atoms with Crippen molar-refractivity contribution in [3.05, 3.63) is 20.1 Å². The maximum Gasteiger partial charge on any atom is 0.262 e. The highest BCUT2D eigenvalue weighted by Crippen LogP contribution is 2.33. The molecule has 3 unspecified atom stereocenters. The molecule has 1 fully saturated rings. The fourth-order valence-electron chi connectivity index (χ4n) is 2.37. The van der Waals surface area contributed by atoms with E-state index >= 15 is 0 Å². The monoisotopic (exact) mass is 394 g/mol. The third-order valence-electron chi connectivity index (χ3n) is 3.31. The summed E-state index contributed by atoms with van der Waals surface area (Å²) in [6.07, 6.45) is -0.945. The number of H-pyrrole nitrogens is 1. The van der Waals surface area contributed by atoms with E-state index in [1.54, 1.807) is 10.8 Å². The van der Waals surface area contributed by atoms with Crippen LogP contribution in [0, 0.1) is 3.57 Å². The first-order chi connectivity index (χ1) is 9.51. The quantitative estimate of drug-likeness (QED) is 0.645. The molecule has 1 saturated heterocycles. The maximum absolute atomic E-state index is 13.7. The van der Waals surface area contributed by atoms with E-state index in [1.165, 1.54) is 0 Å². The summed E-state index contributed by atoms with van der Waals surface area (Å²) in [7, 11) is 0. The third kappa shape index (κ3) is 2.09. The predicted molar refractivity (Wildman–Crippen MR) is 78.0 cm³/mol. The lowest BCUT2D eigenvalue weighted by Crippen LogP contribution is -2.21. The van der Waals surface area contributed by atoms with Crippen molar-refractivity contribution in [2.24, 2.45) is 0 Å². The minimum absolute atomic E-state index is 0.00764. The molecule has 1 aliphatic rings. The first-order valence-corrected chi connectivity index (χ1v) is 7.05. The molecule has 7 nitrogen and oxygen atoms in total. The fourth-order valence-corrected chi connectivity index (χ4v) is 3.16. The van der Waals surface area contributed by atoms with Crippen molar-refractivity contribution in [3.8, 4) is 0 Å². The number of fused-ring (bicyclic) bond motifs is 1. The zero-order valence-electron chi connectivity index (χ0n) is 10.2. The number of aliphatic hydroxyl groups excluding tert-OH is 1. The summed E-state index contributed by atoms with van der Waals surface area (Å²) in [4.78, 5) is 18.4. The number of hydrogen-bond donors (Lipinski definition) is 3. The van der Waals surface area contributed by atoms with Gasteiger partial charge in [-0.25, -0.2) is 4.39 Å². The molecule has 0 spiro atoms. The normalized spacial score (nSPS) is 26.4. The molecule has 3 atom stereocenters. The zero-order valence-corrected chi connectivity index (χ0v) is 12.4. The minimum Gasteiger partial charge on any atom is -0.394 e. The number of halogens is 2. The molecule has 20 heavy (non-hydrogen) atoms. The predicted octanol–water partition coefficient (Wildman–Crippen LogP) is 0.529. The van der Waals surface area contributed by atoms with Gasteiger partial charge in [0.25, 0.3) is 5.56 Å². The van der Waals surface area contributed by atoms with Crippen LogP contribution in [0.2, 0.25) is 0 Å². The number of aliphatic hydroxyl groups is 1. The summed E-state index contributed by atoms with van der Waals surface area (Å²) in [5.41, 5.74) is 5.55. The Kier molecular flexibility index (Phi) is 3.42. The van der Waals surface area contributed by atoms with Crippen LogP contribution in [0.3, 0.4) is 0 Å². The molecule has 2 aromatic rings. The second-order valence-corrected chi connectivity index (χ2v) is 5.76. The van der Waals surface area contributed by atoms with Crippen molar-refractivity contribution in [1.82, 2.24) is 14.5 Å². The second-order valence-electron chi connectivity index (χ2n) is 4.60. The van der Waals surface area contributed by atoms with Crippen LogP contribution < -0.4 is 11.3 Å². The number of nitrogen functional groups attached to an aromatic ring is 1. The van der Waals surface area contributed by atoms with Crippen LogP contribution in [-0.4, -0.2) is 38.5 Å². The van der Waals surface area contributed by atoms with Crippen LogP contribution in [0.1, 0.15) is 12.6 Å². The van der Waals surface area contributed by atoms with Gasteiger partial charge in [0.05, 0.1) is 12.0 Å². The van der Waals surface area contributed by atoms with Crippen molar-refractivity contribution in [3.63, 3.8) is 0 Å². The molecular formula is C11H12FIN4O3. The van der Waals surface area contributed by atoms with E-state index in [0.29, 0.717) is 14.6 Å². The van der Waals surface area contributed by atoms with Gasteiger partial charge in [-0.05, 0) is 22.6 Å². The van der Waals surface area contributed by atoms with Gasteiger partial charge in [0, 0.05) is 16.2 Å². The Balaban J connectivity index is 2.11. The van der Waals surface area contributed by atoms with Gasteiger partial charge in [-0.2, -0.15) is 4.98 Å². The molecule has 0 aliphatic carbocycles. The summed E-state index contributed by atoms with van der Waals surface area (Å²) in [6.45, 7) is -0.385. The van der Waals surface area contributed by atoms with Crippen LogP contribution in [0.4, 0.5) is 10.3 Å². The molecule has 0 bridgehead atoms. The lowest BCUT2D eigenvalue weighted by molar-refractivity contribution is -0.0321. The SMILES string of the molecule is Nc1nc2c(c(I)cn2C2CC(F)C(CO)O2)c(=O)[nH]1. The van der Waals surface area contributed by atoms with Crippen molar-refractivity contribution in [2.45, 2.75) is 24.9 Å². The summed E-state index contributed by atoms with van der Waals surface area (Å²) in [5, 5.41) is 9.44. The molecule has 0 amide bonds. The highest BCUT2D eigenvalue weighted by atomic mass is 127. The number of hydrogen-bond acceptors (Lipinski definition) is 5. The number of aromatic amines is 1. The molecule has 108 valence electrons. The lowest BCUT2D eigenvalue weighted by Gasteiger charge is -2.14. The number of rotatable bonds is 2. The van der Waals surface area contributed by atoms with E-state index in [9.17, 15) is 9.18 Å². The number of anilines is 1. The summed E-state index contributed by atoms with van der Waals surface area (Å²) in [6, 6.07) is 0. The van der Waals surface area contributed by atoms with E-state index in [4.69, 9.17) is 15.6 Å². The highest BCUT2D eigenvalue weighted by molar-refractivity contribution is 14.1. The number of nitrogens with zero attached hydrogens (tertiary/aromatic N) is 2. The van der Waals surface area contributed by atoms with Crippen LogP contribution in [-0.2, 0) is 4.74 Å². The molecule has 4 N–H and O–H groups in total. The van der Waals surface area contributed by atoms with Crippen LogP contribution in [0.15, 0.2) is 11.0 Å². The maximum atomic E-state index is 13.7. The molecular weight excluding hydrogens is 382 g/mol.